The Morgan fingerprint density at radius 3 is 2.75 bits per heavy atom. The molecule has 1 aliphatic rings. The Morgan fingerprint density at radius 2 is 1.94 bits per heavy atom. The third-order valence-corrected chi connectivity index (χ3v) is 3.31. The molecule has 16 heavy (non-hydrogen) atoms. The van der Waals surface area contributed by atoms with Gasteiger partial charge in [-0.25, -0.2) is 0 Å². The molecule has 1 aromatic rings. The van der Waals surface area contributed by atoms with E-state index in [1.807, 2.05) is 6.07 Å². The van der Waals surface area contributed by atoms with Crippen LogP contribution in [0.3, 0.4) is 0 Å². The summed E-state index contributed by atoms with van der Waals surface area (Å²) in [6.07, 6.45) is 9.70. The molecule has 0 spiro atoms. The second-order valence-electron chi connectivity index (χ2n) is 4.63. The molecule has 2 atom stereocenters. The van der Waals surface area contributed by atoms with Crippen LogP contribution in [-0.4, -0.2) is 11.2 Å². The third-order valence-electron chi connectivity index (χ3n) is 3.31. The van der Waals surface area contributed by atoms with E-state index >= 15 is 0 Å². The van der Waals surface area contributed by atoms with Crippen LogP contribution < -0.4 is 0 Å². The van der Waals surface area contributed by atoms with Crippen LogP contribution in [0.1, 0.15) is 31.2 Å². The molecule has 0 heterocycles. The van der Waals surface area contributed by atoms with Crippen LogP contribution in [0.5, 0.6) is 0 Å². The second-order valence-corrected chi connectivity index (χ2v) is 4.63. The highest BCUT2D eigenvalue weighted by molar-refractivity contribution is 5.17. The van der Waals surface area contributed by atoms with E-state index in [0.717, 1.165) is 25.7 Å². The Labute approximate surface area is 97.8 Å². The van der Waals surface area contributed by atoms with Crippen LogP contribution in [0.15, 0.2) is 42.5 Å². The van der Waals surface area contributed by atoms with Crippen molar-refractivity contribution in [3.63, 3.8) is 0 Å². The number of hydrogen-bond acceptors (Lipinski definition) is 1. The van der Waals surface area contributed by atoms with Crippen LogP contribution in [0.25, 0.3) is 0 Å². The van der Waals surface area contributed by atoms with E-state index in [2.05, 4.69) is 36.4 Å². The molecule has 2 rings (SSSR count). The fourth-order valence-corrected chi connectivity index (χ4v) is 2.32. The summed E-state index contributed by atoms with van der Waals surface area (Å²) >= 11 is 0. The molecule has 0 bridgehead atoms. The van der Waals surface area contributed by atoms with Crippen molar-refractivity contribution in [3.05, 3.63) is 48.0 Å². The zero-order valence-corrected chi connectivity index (χ0v) is 9.68. The van der Waals surface area contributed by atoms with Gasteiger partial charge in [0.1, 0.15) is 0 Å². The maximum Gasteiger partial charge on any atom is 0.0606 e. The van der Waals surface area contributed by atoms with Gasteiger partial charge in [0.15, 0.2) is 0 Å². The molecule has 0 fully saturated rings. The van der Waals surface area contributed by atoms with Gasteiger partial charge in [-0.2, -0.15) is 0 Å². The first-order valence-corrected chi connectivity index (χ1v) is 6.25. The number of hydrogen-bond donors (Lipinski definition) is 1. The summed E-state index contributed by atoms with van der Waals surface area (Å²) in [5, 5.41) is 10.1. The lowest BCUT2D eigenvalue weighted by Crippen LogP contribution is -2.21. The molecule has 0 amide bonds. The van der Waals surface area contributed by atoms with Crippen molar-refractivity contribution in [1.29, 1.82) is 0 Å². The van der Waals surface area contributed by atoms with Gasteiger partial charge in [-0.3, -0.25) is 0 Å². The molecular weight excluding hydrogens is 196 g/mol. The van der Waals surface area contributed by atoms with E-state index in [1.54, 1.807) is 0 Å². The molecule has 0 saturated heterocycles. The predicted octanol–water partition coefficient (Wildman–Crippen LogP) is 3.34. The summed E-state index contributed by atoms with van der Waals surface area (Å²) in [6.45, 7) is 0. The third kappa shape index (κ3) is 3.21. The van der Waals surface area contributed by atoms with Crippen LogP contribution in [0.2, 0.25) is 0 Å². The lowest BCUT2D eigenvalue weighted by molar-refractivity contribution is 0.116. The average Bonchev–Trinajstić information content (AvgIpc) is 2.30. The van der Waals surface area contributed by atoms with E-state index in [9.17, 15) is 5.11 Å². The Balaban J connectivity index is 2.03. The van der Waals surface area contributed by atoms with Crippen molar-refractivity contribution in [3.8, 4) is 0 Å². The first-order valence-electron chi connectivity index (χ1n) is 6.25. The van der Waals surface area contributed by atoms with E-state index in [-0.39, 0.29) is 6.10 Å². The zero-order chi connectivity index (χ0) is 11.2. The van der Waals surface area contributed by atoms with Gasteiger partial charge >= 0.3 is 0 Å². The average molecular weight is 216 g/mol. The van der Waals surface area contributed by atoms with E-state index < -0.39 is 0 Å². The molecule has 86 valence electrons. The maximum absolute atomic E-state index is 10.1. The summed E-state index contributed by atoms with van der Waals surface area (Å²) in [4.78, 5) is 0. The molecule has 1 aromatic carbocycles. The topological polar surface area (TPSA) is 20.2 Å². The summed E-state index contributed by atoms with van der Waals surface area (Å²) in [6, 6.07) is 10.4. The lowest BCUT2D eigenvalue weighted by atomic mass is 9.88. The van der Waals surface area contributed by atoms with Crippen molar-refractivity contribution < 1.29 is 5.11 Å². The zero-order valence-electron chi connectivity index (χ0n) is 9.68. The van der Waals surface area contributed by atoms with Gasteiger partial charge < -0.3 is 5.11 Å². The predicted molar refractivity (Wildman–Crippen MR) is 67.3 cm³/mol. The molecule has 0 radical (unpaired) electrons. The van der Waals surface area contributed by atoms with E-state index in [0.29, 0.717) is 5.92 Å². The van der Waals surface area contributed by atoms with Gasteiger partial charge in [0.2, 0.25) is 0 Å². The fraction of sp³-hybridized carbons (Fsp3) is 0.467. The molecule has 1 nitrogen and oxygen atoms in total. The van der Waals surface area contributed by atoms with Gasteiger partial charge in [0.05, 0.1) is 6.10 Å². The minimum atomic E-state index is -0.170. The van der Waals surface area contributed by atoms with Crippen LogP contribution in [0.4, 0.5) is 0 Å². The first-order chi connectivity index (χ1) is 7.86. The molecule has 0 unspecified atom stereocenters. The van der Waals surface area contributed by atoms with Crippen molar-refractivity contribution in [2.75, 3.05) is 0 Å². The molecule has 1 N–H and O–H groups in total. The summed E-state index contributed by atoms with van der Waals surface area (Å²) in [5.41, 5.74) is 1.32. The minimum Gasteiger partial charge on any atom is -0.393 e. The summed E-state index contributed by atoms with van der Waals surface area (Å²) in [7, 11) is 0. The van der Waals surface area contributed by atoms with Crippen molar-refractivity contribution in [1.82, 2.24) is 0 Å². The number of allylic oxidation sites excluding steroid dienone is 1. The van der Waals surface area contributed by atoms with Gasteiger partial charge in [-0.15, -0.1) is 0 Å². The molecule has 1 heteroatoms. The van der Waals surface area contributed by atoms with E-state index in [4.69, 9.17) is 0 Å². The van der Waals surface area contributed by atoms with Gasteiger partial charge in [0.25, 0.3) is 0 Å². The van der Waals surface area contributed by atoms with Crippen LogP contribution in [0, 0.1) is 5.92 Å². The smallest absolute Gasteiger partial charge is 0.0606 e. The lowest BCUT2D eigenvalue weighted by Gasteiger charge is -2.21. The Bertz CT molecular complexity index is 329. The molecule has 1 aliphatic carbocycles. The summed E-state index contributed by atoms with van der Waals surface area (Å²) < 4.78 is 0. The monoisotopic (exact) mass is 216 g/mol. The SMILES string of the molecule is O[C@H]1CCCC/C=C\[C@@H]1Cc1ccccc1. The quantitative estimate of drug-likeness (QED) is 0.752. The fourth-order valence-electron chi connectivity index (χ4n) is 2.32. The number of aliphatic hydroxyl groups is 1. The molecule has 0 aliphatic heterocycles. The largest absolute Gasteiger partial charge is 0.393 e. The Morgan fingerprint density at radius 1 is 1.12 bits per heavy atom. The van der Waals surface area contributed by atoms with Crippen molar-refractivity contribution in [2.45, 2.75) is 38.2 Å². The van der Waals surface area contributed by atoms with Crippen LogP contribution in [-0.2, 0) is 6.42 Å². The minimum absolute atomic E-state index is 0.170. The standard InChI is InChI=1S/C15H20O/c16-15-11-7-2-1-6-10-14(15)12-13-8-4-3-5-9-13/h3-6,8-10,14-16H,1-2,7,11-12H2/b10-6-/t14-,15+/m1/s1. The second kappa shape index (κ2) is 5.86. The molecular formula is C15H20O. The maximum atomic E-state index is 10.1. The van der Waals surface area contributed by atoms with E-state index in [1.165, 1.54) is 12.0 Å². The van der Waals surface area contributed by atoms with Crippen LogP contribution >= 0.6 is 0 Å². The first kappa shape index (κ1) is 11.4. The van der Waals surface area contributed by atoms with Crippen molar-refractivity contribution >= 4 is 0 Å². The Hall–Kier alpha value is -1.08. The molecule has 0 aromatic heterocycles. The van der Waals surface area contributed by atoms with Gasteiger partial charge in [0, 0.05) is 5.92 Å². The molecule has 0 saturated carbocycles. The number of rotatable bonds is 2. The number of aliphatic hydroxyl groups excluding tert-OH is 1. The number of benzene rings is 1. The highest BCUT2D eigenvalue weighted by Gasteiger charge is 2.17. The Kier molecular flexibility index (Phi) is 4.17. The van der Waals surface area contributed by atoms with Gasteiger partial charge in [-0.05, 0) is 31.2 Å². The van der Waals surface area contributed by atoms with Crippen molar-refractivity contribution in [2.24, 2.45) is 5.92 Å². The highest BCUT2D eigenvalue weighted by atomic mass is 16.3. The van der Waals surface area contributed by atoms with Gasteiger partial charge in [-0.1, -0.05) is 48.9 Å². The summed E-state index contributed by atoms with van der Waals surface area (Å²) in [5.74, 6) is 0.294. The normalized spacial score (nSPS) is 28.1. The highest BCUT2D eigenvalue weighted by Crippen LogP contribution is 2.21.